The number of hydrogen-bond acceptors (Lipinski definition) is 3. The van der Waals surface area contributed by atoms with Crippen LogP contribution in [0.15, 0.2) is 24.3 Å². The minimum Gasteiger partial charge on any atom is -0.496 e. The van der Waals surface area contributed by atoms with Crippen molar-refractivity contribution in [2.45, 2.75) is 39.3 Å². The van der Waals surface area contributed by atoms with Gasteiger partial charge in [-0.25, -0.2) is 0 Å². The van der Waals surface area contributed by atoms with E-state index in [0.717, 1.165) is 17.7 Å². The lowest BCUT2D eigenvalue weighted by atomic mass is 10.1. The third-order valence-electron chi connectivity index (χ3n) is 2.80. The van der Waals surface area contributed by atoms with Gasteiger partial charge in [-0.2, -0.15) is 0 Å². The predicted molar refractivity (Wildman–Crippen MR) is 77.4 cm³/mol. The van der Waals surface area contributed by atoms with Crippen molar-refractivity contribution in [3.63, 3.8) is 0 Å². The highest BCUT2D eigenvalue weighted by Crippen LogP contribution is 2.18. The zero-order chi connectivity index (χ0) is 14.3. The summed E-state index contributed by atoms with van der Waals surface area (Å²) in [6.07, 6.45) is 0.761. The van der Waals surface area contributed by atoms with Crippen molar-refractivity contribution < 1.29 is 9.53 Å². The molecule has 0 bridgehead atoms. The van der Waals surface area contributed by atoms with E-state index >= 15 is 0 Å². The highest BCUT2D eigenvalue weighted by molar-refractivity contribution is 5.78. The Hall–Kier alpha value is -1.55. The van der Waals surface area contributed by atoms with Crippen LogP contribution in [0.4, 0.5) is 0 Å². The van der Waals surface area contributed by atoms with Gasteiger partial charge in [-0.15, -0.1) is 0 Å². The first-order chi connectivity index (χ1) is 9.02. The van der Waals surface area contributed by atoms with Crippen LogP contribution in [0.25, 0.3) is 0 Å². The summed E-state index contributed by atoms with van der Waals surface area (Å²) in [5.41, 5.74) is 1.11. The van der Waals surface area contributed by atoms with Crippen LogP contribution in [0.3, 0.4) is 0 Å². The highest BCUT2D eigenvalue weighted by Gasteiger charge is 2.10. The lowest BCUT2D eigenvalue weighted by molar-refractivity contribution is -0.120. The molecule has 0 fully saturated rings. The number of para-hydroxylation sites is 1. The maximum atomic E-state index is 11.7. The van der Waals surface area contributed by atoms with E-state index in [1.54, 1.807) is 7.11 Å². The van der Waals surface area contributed by atoms with Crippen molar-refractivity contribution in [3.8, 4) is 5.75 Å². The van der Waals surface area contributed by atoms with Gasteiger partial charge in [0, 0.05) is 12.1 Å². The van der Waals surface area contributed by atoms with Gasteiger partial charge in [-0.05, 0) is 25.0 Å². The third kappa shape index (κ3) is 5.75. The average molecular weight is 264 g/mol. The van der Waals surface area contributed by atoms with E-state index < -0.39 is 0 Å². The van der Waals surface area contributed by atoms with Gasteiger partial charge in [-0.1, -0.05) is 32.0 Å². The van der Waals surface area contributed by atoms with E-state index in [-0.39, 0.29) is 11.9 Å². The molecule has 0 aliphatic rings. The number of benzene rings is 1. The normalized spacial score (nSPS) is 12.3. The van der Waals surface area contributed by atoms with Gasteiger partial charge in [0.05, 0.1) is 13.7 Å². The molecule has 1 atom stereocenters. The standard InChI is InChI=1S/C15H24N2O2/c1-11(2)16-10-15(18)17-12(3)9-13-7-5-6-8-14(13)19-4/h5-8,11-12,16H,9-10H2,1-4H3,(H,17,18). The van der Waals surface area contributed by atoms with Crippen LogP contribution in [-0.4, -0.2) is 31.6 Å². The molecular weight excluding hydrogens is 240 g/mol. The summed E-state index contributed by atoms with van der Waals surface area (Å²) in [6, 6.07) is 8.27. The van der Waals surface area contributed by atoms with E-state index in [0.29, 0.717) is 12.6 Å². The molecule has 0 saturated carbocycles. The number of amides is 1. The third-order valence-corrected chi connectivity index (χ3v) is 2.80. The molecule has 0 aromatic heterocycles. The fourth-order valence-electron chi connectivity index (χ4n) is 1.88. The molecule has 0 saturated heterocycles. The zero-order valence-corrected chi connectivity index (χ0v) is 12.2. The number of rotatable bonds is 7. The molecule has 1 amide bonds. The van der Waals surface area contributed by atoms with Crippen molar-refractivity contribution in [1.82, 2.24) is 10.6 Å². The first-order valence-corrected chi connectivity index (χ1v) is 6.67. The van der Waals surface area contributed by atoms with Crippen molar-refractivity contribution >= 4 is 5.91 Å². The Kier molecular flexibility index (Phi) is 6.36. The van der Waals surface area contributed by atoms with E-state index in [1.807, 2.05) is 45.0 Å². The Morgan fingerprint density at radius 1 is 1.26 bits per heavy atom. The lowest BCUT2D eigenvalue weighted by Crippen LogP contribution is -2.41. The molecular formula is C15H24N2O2. The van der Waals surface area contributed by atoms with Crippen LogP contribution in [0, 0.1) is 0 Å². The number of carbonyl (C=O) groups is 1. The molecule has 106 valence electrons. The summed E-state index contributed by atoms with van der Waals surface area (Å²) in [6.45, 7) is 6.39. The SMILES string of the molecule is COc1ccccc1CC(C)NC(=O)CNC(C)C. The van der Waals surface area contributed by atoms with E-state index in [4.69, 9.17) is 4.74 Å². The molecule has 1 aromatic rings. The fourth-order valence-corrected chi connectivity index (χ4v) is 1.88. The van der Waals surface area contributed by atoms with Crippen LogP contribution in [0.5, 0.6) is 5.75 Å². The predicted octanol–water partition coefficient (Wildman–Crippen LogP) is 1.74. The van der Waals surface area contributed by atoms with Gasteiger partial charge in [0.1, 0.15) is 5.75 Å². The average Bonchev–Trinajstić information content (AvgIpc) is 2.37. The van der Waals surface area contributed by atoms with Crippen molar-refractivity contribution in [2.24, 2.45) is 0 Å². The van der Waals surface area contributed by atoms with E-state index in [1.165, 1.54) is 0 Å². The molecule has 1 unspecified atom stereocenters. The van der Waals surface area contributed by atoms with Gasteiger partial charge >= 0.3 is 0 Å². The molecule has 1 rings (SSSR count). The second-order valence-corrected chi connectivity index (χ2v) is 5.02. The van der Waals surface area contributed by atoms with Gasteiger partial charge in [0.25, 0.3) is 0 Å². The van der Waals surface area contributed by atoms with Gasteiger partial charge in [-0.3, -0.25) is 4.79 Å². The van der Waals surface area contributed by atoms with Crippen LogP contribution in [0.2, 0.25) is 0 Å². The molecule has 0 spiro atoms. The second kappa shape index (κ2) is 7.79. The monoisotopic (exact) mass is 264 g/mol. The summed E-state index contributed by atoms with van der Waals surface area (Å²) < 4.78 is 5.31. The van der Waals surface area contributed by atoms with Gasteiger partial charge in [0.2, 0.25) is 5.91 Å². The summed E-state index contributed by atoms with van der Waals surface area (Å²) in [7, 11) is 1.66. The fraction of sp³-hybridized carbons (Fsp3) is 0.533. The molecule has 0 heterocycles. The Morgan fingerprint density at radius 2 is 1.95 bits per heavy atom. The quantitative estimate of drug-likeness (QED) is 0.788. The maximum absolute atomic E-state index is 11.7. The molecule has 1 aromatic carbocycles. The Balaban J connectivity index is 2.46. The first kappa shape index (κ1) is 15.5. The Bertz CT molecular complexity index is 405. The summed E-state index contributed by atoms with van der Waals surface area (Å²) in [5, 5.41) is 6.08. The largest absolute Gasteiger partial charge is 0.496 e. The van der Waals surface area contributed by atoms with Crippen molar-refractivity contribution in [2.75, 3.05) is 13.7 Å². The molecule has 0 aliphatic carbocycles. The van der Waals surface area contributed by atoms with Crippen LogP contribution < -0.4 is 15.4 Å². The van der Waals surface area contributed by atoms with E-state index in [2.05, 4.69) is 10.6 Å². The number of carbonyl (C=O) groups excluding carboxylic acids is 1. The molecule has 0 aliphatic heterocycles. The first-order valence-electron chi connectivity index (χ1n) is 6.67. The summed E-state index contributed by atoms with van der Waals surface area (Å²) in [5.74, 6) is 0.889. The smallest absolute Gasteiger partial charge is 0.234 e. The topological polar surface area (TPSA) is 50.4 Å². The highest BCUT2D eigenvalue weighted by atomic mass is 16.5. The molecule has 2 N–H and O–H groups in total. The molecule has 4 nitrogen and oxygen atoms in total. The van der Waals surface area contributed by atoms with Gasteiger partial charge in [0.15, 0.2) is 0 Å². The van der Waals surface area contributed by atoms with Gasteiger partial charge < -0.3 is 15.4 Å². The van der Waals surface area contributed by atoms with Crippen LogP contribution in [0.1, 0.15) is 26.3 Å². The Labute approximate surface area is 115 Å². The second-order valence-electron chi connectivity index (χ2n) is 5.02. The number of hydrogen-bond donors (Lipinski definition) is 2. The molecule has 19 heavy (non-hydrogen) atoms. The minimum absolute atomic E-state index is 0.0242. The van der Waals surface area contributed by atoms with Crippen molar-refractivity contribution in [1.29, 1.82) is 0 Å². The maximum Gasteiger partial charge on any atom is 0.234 e. The summed E-state index contributed by atoms with van der Waals surface area (Å²) >= 11 is 0. The number of methoxy groups -OCH3 is 1. The van der Waals surface area contributed by atoms with Crippen molar-refractivity contribution in [3.05, 3.63) is 29.8 Å². The summed E-state index contributed by atoms with van der Waals surface area (Å²) in [4.78, 5) is 11.7. The van der Waals surface area contributed by atoms with E-state index in [9.17, 15) is 4.79 Å². The molecule has 0 radical (unpaired) electrons. The Morgan fingerprint density at radius 3 is 2.58 bits per heavy atom. The van der Waals surface area contributed by atoms with Crippen LogP contribution >= 0.6 is 0 Å². The zero-order valence-electron chi connectivity index (χ0n) is 12.2. The van der Waals surface area contributed by atoms with Crippen LogP contribution in [-0.2, 0) is 11.2 Å². The minimum atomic E-state index is 0.0242. The molecule has 4 heteroatoms. The number of ether oxygens (including phenoxy) is 1. The number of nitrogens with one attached hydrogen (secondary N) is 2. The lowest BCUT2D eigenvalue weighted by Gasteiger charge is -2.16.